The summed E-state index contributed by atoms with van der Waals surface area (Å²) in [5.41, 5.74) is 5.07. The molecule has 12 heteroatoms. The Morgan fingerprint density at radius 3 is 1.92 bits per heavy atom. The molecule has 5 aromatic rings. The molecule has 188 valence electrons. The van der Waals surface area contributed by atoms with Gasteiger partial charge in [0.25, 0.3) is 0 Å². The predicted octanol–water partition coefficient (Wildman–Crippen LogP) is 3.64. The zero-order valence-corrected chi connectivity index (χ0v) is 19.7. The second-order valence-electron chi connectivity index (χ2n) is 8.78. The summed E-state index contributed by atoms with van der Waals surface area (Å²) >= 11 is 0. The van der Waals surface area contributed by atoms with Crippen LogP contribution < -0.4 is 21.6 Å². The van der Waals surface area contributed by atoms with Crippen molar-refractivity contribution in [2.45, 2.75) is 12.8 Å². The summed E-state index contributed by atoms with van der Waals surface area (Å²) < 4.78 is 0. The number of aromatic nitrogens is 5. The number of Topliss-reactive ketones (excluding diaryl/α,β-unsaturated/α-hetero) is 1. The number of ketones is 1. The average molecular weight is 508 g/mol. The summed E-state index contributed by atoms with van der Waals surface area (Å²) in [7, 11) is 0. The number of carboxylic acid groups (broad SMARTS) is 1. The molecule has 0 saturated carbocycles. The van der Waals surface area contributed by atoms with Gasteiger partial charge in [0.1, 0.15) is 5.78 Å². The third-order valence-corrected chi connectivity index (χ3v) is 6.03. The first-order valence-corrected chi connectivity index (χ1v) is 11.6. The summed E-state index contributed by atoms with van der Waals surface area (Å²) in [6.07, 6.45) is 0.846. The monoisotopic (exact) mass is 508 g/mol. The number of imidazole rings is 1. The van der Waals surface area contributed by atoms with Crippen molar-refractivity contribution in [3.63, 3.8) is 0 Å². The van der Waals surface area contributed by atoms with E-state index in [0.29, 0.717) is 35.2 Å². The molecular weight excluding hydrogens is 488 g/mol. The molecule has 0 atom stereocenters. The smallest absolute Gasteiger partial charge is 0.335 e. The molecule has 0 saturated heterocycles. The third kappa shape index (κ3) is 4.78. The van der Waals surface area contributed by atoms with Crippen LogP contribution in [0.4, 0.5) is 34.9 Å². The van der Waals surface area contributed by atoms with Gasteiger partial charge in [-0.15, -0.1) is 0 Å². The number of nitrogens with zero attached hydrogens (tertiary/aromatic N) is 3. The number of carbonyl (C=O) groups is 2. The Labute approximate surface area is 214 Å². The largest absolute Gasteiger partial charge is 0.478 e. The van der Waals surface area contributed by atoms with Crippen LogP contribution in [0.1, 0.15) is 21.5 Å². The van der Waals surface area contributed by atoms with Crippen LogP contribution in [0.5, 0.6) is 0 Å². The Kier molecular flexibility index (Phi) is 5.53. The van der Waals surface area contributed by atoms with Gasteiger partial charge in [-0.1, -0.05) is 6.07 Å². The highest BCUT2D eigenvalue weighted by Gasteiger charge is 2.19. The molecule has 2 heterocycles. The first kappa shape index (κ1) is 22.9. The molecule has 6 N–H and O–H groups in total. The number of H-pyrrole nitrogens is 2. The van der Waals surface area contributed by atoms with Crippen LogP contribution in [0.3, 0.4) is 0 Å². The molecule has 0 radical (unpaired) electrons. The standard InChI is InChI=1S/C26H20N8O4/c35-19-10-14-3-6-17(9-15(14)11-19)28-24-32-23(27-16-4-1-13(2-5-16)22(36)37)33-25(34-24)29-18-7-8-20-21(12-18)31-26(38)30-20/h1-9,12H,10-11H2,(H,36,37)(H2,30,31,38)(H3,27,28,29,32,33,34). The highest BCUT2D eigenvalue weighted by Crippen LogP contribution is 2.26. The number of nitrogens with one attached hydrogen (secondary N) is 5. The number of carbonyl (C=O) groups excluding carboxylic acids is 1. The van der Waals surface area contributed by atoms with Crippen LogP contribution in [0, 0.1) is 0 Å². The molecule has 12 nitrogen and oxygen atoms in total. The van der Waals surface area contributed by atoms with Gasteiger partial charge in [0.2, 0.25) is 17.8 Å². The Bertz CT molecular complexity index is 1770. The predicted molar refractivity (Wildman–Crippen MR) is 141 cm³/mol. The third-order valence-electron chi connectivity index (χ3n) is 6.03. The van der Waals surface area contributed by atoms with E-state index in [4.69, 9.17) is 5.11 Å². The van der Waals surface area contributed by atoms with Crippen molar-refractivity contribution in [2.75, 3.05) is 16.0 Å². The lowest BCUT2D eigenvalue weighted by Crippen LogP contribution is -2.07. The van der Waals surface area contributed by atoms with E-state index < -0.39 is 5.97 Å². The van der Waals surface area contributed by atoms with Gasteiger partial charge >= 0.3 is 11.7 Å². The molecule has 0 unspecified atom stereocenters. The number of fused-ring (bicyclic) bond motifs is 2. The minimum absolute atomic E-state index is 0.157. The molecule has 1 aliphatic carbocycles. The van der Waals surface area contributed by atoms with E-state index in [1.807, 2.05) is 18.2 Å². The lowest BCUT2D eigenvalue weighted by Gasteiger charge is -2.12. The van der Waals surface area contributed by atoms with E-state index in [9.17, 15) is 14.4 Å². The van der Waals surface area contributed by atoms with Crippen molar-refractivity contribution in [3.05, 3.63) is 87.8 Å². The number of benzene rings is 3. The molecule has 0 aliphatic heterocycles. The molecule has 2 aromatic heterocycles. The van der Waals surface area contributed by atoms with Crippen LogP contribution in [0.25, 0.3) is 11.0 Å². The zero-order valence-electron chi connectivity index (χ0n) is 19.7. The van der Waals surface area contributed by atoms with Gasteiger partial charge in [0.05, 0.1) is 16.6 Å². The first-order chi connectivity index (χ1) is 18.4. The number of aromatic amines is 2. The Hall–Kier alpha value is -5.52. The second kappa shape index (κ2) is 9.17. The van der Waals surface area contributed by atoms with Gasteiger partial charge in [-0.05, 0) is 65.7 Å². The fourth-order valence-corrected chi connectivity index (χ4v) is 4.27. The number of hydrogen-bond donors (Lipinski definition) is 6. The van der Waals surface area contributed by atoms with Gasteiger partial charge in [-0.2, -0.15) is 15.0 Å². The summed E-state index contributed by atoms with van der Waals surface area (Å²) in [6.45, 7) is 0. The van der Waals surface area contributed by atoms with Crippen molar-refractivity contribution in [1.82, 2.24) is 24.9 Å². The molecule has 0 fully saturated rings. The summed E-state index contributed by atoms with van der Waals surface area (Å²) in [5.74, 6) is -0.162. The Morgan fingerprint density at radius 2 is 1.24 bits per heavy atom. The number of aromatic carboxylic acids is 1. The molecule has 6 rings (SSSR count). The summed E-state index contributed by atoms with van der Waals surface area (Å²) in [6, 6.07) is 17.1. The van der Waals surface area contributed by atoms with E-state index in [2.05, 4.69) is 40.9 Å². The lowest BCUT2D eigenvalue weighted by molar-refractivity contribution is -0.117. The first-order valence-electron chi connectivity index (χ1n) is 11.6. The number of rotatable bonds is 7. The van der Waals surface area contributed by atoms with E-state index in [-0.39, 0.29) is 34.9 Å². The minimum atomic E-state index is -1.02. The van der Waals surface area contributed by atoms with Gasteiger partial charge in [0, 0.05) is 29.9 Å². The highest BCUT2D eigenvalue weighted by molar-refractivity contribution is 5.89. The maximum absolute atomic E-state index is 11.8. The molecule has 38 heavy (non-hydrogen) atoms. The zero-order chi connectivity index (χ0) is 26.2. The van der Waals surface area contributed by atoms with Crippen molar-refractivity contribution < 1.29 is 14.7 Å². The SMILES string of the molecule is O=C1Cc2ccc(Nc3nc(Nc4ccc(C(=O)O)cc4)nc(Nc4ccc5[nH]c(=O)[nH]c5c4)n3)cc2C1. The number of carboxylic acids is 1. The van der Waals surface area contributed by atoms with Gasteiger partial charge in [-0.25, -0.2) is 9.59 Å². The van der Waals surface area contributed by atoms with Gasteiger partial charge < -0.3 is 31.0 Å². The van der Waals surface area contributed by atoms with Crippen LogP contribution >= 0.6 is 0 Å². The molecule has 0 bridgehead atoms. The number of anilines is 6. The number of hydrogen-bond acceptors (Lipinski definition) is 9. The van der Waals surface area contributed by atoms with E-state index in [0.717, 1.165) is 16.8 Å². The van der Waals surface area contributed by atoms with Gasteiger partial charge in [0.15, 0.2) is 0 Å². The fraction of sp³-hybridized carbons (Fsp3) is 0.0769. The Morgan fingerprint density at radius 1 is 0.684 bits per heavy atom. The van der Waals surface area contributed by atoms with Crippen LogP contribution in [-0.2, 0) is 17.6 Å². The van der Waals surface area contributed by atoms with Gasteiger partial charge in [-0.3, -0.25) is 4.79 Å². The van der Waals surface area contributed by atoms with Crippen LogP contribution in [-0.4, -0.2) is 41.8 Å². The van der Waals surface area contributed by atoms with Crippen molar-refractivity contribution in [2.24, 2.45) is 0 Å². The Balaban J connectivity index is 1.32. The molecule has 1 aliphatic rings. The average Bonchev–Trinajstić information content (AvgIpc) is 3.44. The highest BCUT2D eigenvalue weighted by atomic mass is 16.4. The normalized spacial score (nSPS) is 12.4. The summed E-state index contributed by atoms with van der Waals surface area (Å²) in [4.78, 5) is 53.4. The molecule has 0 amide bonds. The van der Waals surface area contributed by atoms with E-state index in [1.165, 1.54) is 12.1 Å². The molecular formula is C26H20N8O4. The molecule has 0 spiro atoms. The minimum Gasteiger partial charge on any atom is -0.478 e. The quantitative estimate of drug-likeness (QED) is 0.190. The van der Waals surface area contributed by atoms with E-state index in [1.54, 1.807) is 30.3 Å². The summed E-state index contributed by atoms with van der Waals surface area (Å²) in [5, 5.41) is 18.5. The maximum atomic E-state index is 11.8. The van der Waals surface area contributed by atoms with Crippen LogP contribution in [0.15, 0.2) is 65.5 Å². The van der Waals surface area contributed by atoms with Crippen molar-refractivity contribution >= 4 is 57.7 Å². The van der Waals surface area contributed by atoms with Crippen molar-refractivity contribution in [3.8, 4) is 0 Å². The second-order valence-corrected chi connectivity index (χ2v) is 8.78. The van der Waals surface area contributed by atoms with Crippen LogP contribution in [0.2, 0.25) is 0 Å². The van der Waals surface area contributed by atoms with Crippen molar-refractivity contribution in [1.29, 1.82) is 0 Å². The van der Waals surface area contributed by atoms with E-state index >= 15 is 0 Å². The maximum Gasteiger partial charge on any atom is 0.335 e. The lowest BCUT2D eigenvalue weighted by atomic mass is 10.1. The molecule has 3 aromatic carbocycles. The topological polar surface area (TPSA) is 178 Å². The fourth-order valence-electron chi connectivity index (χ4n) is 4.27.